The van der Waals surface area contributed by atoms with Gasteiger partial charge in [0.2, 0.25) is 21.8 Å². The number of nitrogens with zero attached hydrogens (tertiary/aromatic N) is 2. The fourth-order valence-corrected chi connectivity index (χ4v) is 5.08. The summed E-state index contributed by atoms with van der Waals surface area (Å²) in [5.41, 5.74) is 1.10. The van der Waals surface area contributed by atoms with Crippen molar-refractivity contribution < 1.29 is 26.8 Å². The predicted octanol–water partition coefficient (Wildman–Crippen LogP) is 4.80. The lowest BCUT2D eigenvalue weighted by atomic mass is 10.0. The SMILES string of the molecule is CC(C)CNC(=O)C(Cc1ccccc1)N(Cc1ccccc1Cl)C(=O)CN(c1ccc(F)c(F)c1)S(C)(=O)=O. The van der Waals surface area contributed by atoms with E-state index in [-0.39, 0.29) is 24.6 Å². The monoisotopic (exact) mass is 591 g/mol. The molecule has 0 fully saturated rings. The molecule has 0 heterocycles. The molecule has 2 amide bonds. The number of hydrogen-bond donors (Lipinski definition) is 1. The maximum Gasteiger partial charge on any atom is 0.244 e. The Morgan fingerprint density at radius 2 is 1.60 bits per heavy atom. The van der Waals surface area contributed by atoms with Gasteiger partial charge in [-0.1, -0.05) is 74.0 Å². The van der Waals surface area contributed by atoms with E-state index in [0.717, 1.165) is 24.0 Å². The van der Waals surface area contributed by atoms with Crippen LogP contribution >= 0.6 is 11.6 Å². The molecule has 214 valence electrons. The van der Waals surface area contributed by atoms with Crippen LogP contribution in [0.15, 0.2) is 72.8 Å². The first kappa shape index (κ1) is 31.0. The fraction of sp³-hybridized carbons (Fsp3) is 0.310. The van der Waals surface area contributed by atoms with Gasteiger partial charge in [-0.05, 0) is 35.2 Å². The Kier molecular flexibility index (Phi) is 10.6. The smallest absolute Gasteiger partial charge is 0.244 e. The second-order valence-corrected chi connectivity index (χ2v) is 12.1. The Morgan fingerprint density at radius 3 is 2.20 bits per heavy atom. The van der Waals surface area contributed by atoms with Gasteiger partial charge in [-0.25, -0.2) is 17.2 Å². The van der Waals surface area contributed by atoms with Gasteiger partial charge in [-0.15, -0.1) is 0 Å². The standard InChI is InChI=1S/C29H32ClF2N3O4S/c1-20(2)17-33-29(37)27(15-21-9-5-4-6-10-21)34(18-22-11-7-8-12-24(22)30)28(36)19-35(40(3,38)39)23-13-14-25(31)26(32)16-23/h4-14,16,20,27H,15,17-19H2,1-3H3,(H,33,37). The van der Waals surface area contributed by atoms with E-state index in [4.69, 9.17) is 11.6 Å². The molecule has 40 heavy (non-hydrogen) atoms. The summed E-state index contributed by atoms with van der Waals surface area (Å²) in [6.07, 6.45) is 1.00. The first-order valence-corrected chi connectivity index (χ1v) is 14.9. The summed E-state index contributed by atoms with van der Waals surface area (Å²) in [6.45, 7) is 3.38. The summed E-state index contributed by atoms with van der Waals surface area (Å²) in [5.74, 6) is -3.43. The number of nitrogens with one attached hydrogen (secondary N) is 1. The molecular weight excluding hydrogens is 560 g/mol. The van der Waals surface area contributed by atoms with Crippen LogP contribution in [0.2, 0.25) is 5.02 Å². The molecule has 7 nitrogen and oxygen atoms in total. The van der Waals surface area contributed by atoms with Crippen LogP contribution in [0.4, 0.5) is 14.5 Å². The van der Waals surface area contributed by atoms with E-state index in [1.165, 1.54) is 4.90 Å². The summed E-state index contributed by atoms with van der Waals surface area (Å²) >= 11 is 6.40. The number of carbonyl (C=O) groups is 2. The number of carbonyl (C=O) groups excluding carboxylic acids is 2. The number of halogens is 3. The number of benzene rings is 3. The van der Waals surface area contributed by atoms with Crippen LogP contribution in [0.5, 0.6) is 0 Å². The molecule has 1 atom stereocenters. The van der Waals surface area contributed by atoms with Crippen molar-refractivity contribution in [3.8, 4) is 0 Å². The lowest BCUT2D eigenvalue weighted by Gasteiger charge is -2.34. The van der Waals surface area contributed by atoms with Crippen molar-refractivity contribution in [3.63, 3.8) is 0 Å². The fourth-order valence-electron chi connectivity index (χ4n) is 4.04. The van der Waals surface area contributed by atoms with Crippen molar-refractivity contribution in [1.82, 2.24) is 10.2 Å². The summed E-state index contributed by atoms with van der Waals surface area (Å²) in [7, 11) is -4.11. The van der Waals surface area contributed by atoms with Crippen LogP contribution in [0.1, 0.15) is 25.0 Å². The van der Waals surface area contributed by atoms with Crippen molar-refractivity contribution in [2.45, 2.75) is 32.9 Å². The Balaban J connectivity index is 2.07. The van der Waals surface area contributed by atoms with Crippen molar-refractivity contribution in [2.24, 2.45) is 5.92 Å². The van der Waals surface area contributed by atoms with Crippen molar-refractivity contribution in [1.29, 1.82) is 0 Å². The molecule has 1 unspecified atom stereocenters. The van der Waals surface area contributed by atoms with Gasteiger partial charge >= 0.3 is 0 Å². The Hall–Kier alpha value is -3.50. The van der Waals surface area contributed by atoms with Crippen LogP contribution in [-0.4, -0.2) is 50.5 Å². The Bertz CT molecular complexity index is 1440. The van der Waals surface area contributed by atoms with Crippen LogP contribution in [0.25, 0.3) is 0 Å². The first-order chi connectivity index (χ1) is 18.9. The molecule has 0 bridgehead atoms. The summed E-state index contributed by atoms with van der Waals surface area (Å²) < 4.78 is 53.7. The van der Waals surface area contributed by atoms with Crippen LogP contribution < -0.4 is 9.62 Å². The van der Waals surface area contributed by atoms with Crippen molar-refractivity contribution >= 4 is 39.1 Å². The molecule has 0 aliphatic heterocycles. The van der Waals surface area contributed by atoms with E-state index in [1.54, 1.807) is 24.3 Å². The van der Waals surface area contributed by atoms with E-state index in [0.29, 0.717) is 27.5 Å². The molecule has 1 N–H and O–H groups in total. The van der Waals surface area contributed by atoms with Crippen LogP contribution in [0.3, 0.4) is 0 Å². The van der Waals surface area contributed by atoms with Crippen molar-refractivity contribution in [2.75, 3.05) is 23.7 Å². The van der Waals surface area contributed by atoms with Gasteiger partial charge in [0.1, 0.15) is 12.6 Å². The van der Waals surface area contributed by atoms with Crippen LogP contribution in [-0.2, 0) is 32.6 Å². The molecule has 3 aromatic carbocycles. The van der Waals surface area contributed by atoms with E-state index < -0.39 is 46.1 Å². The van der Waals surface area contributed by atoms with E-state index in [9.17, 15) is 26.8 Å². The average Bonchev–Trinajstić information content (AvgIpc) is 2.90. The predicted molar refractivity (Wildman–Crippen MR) is 152 cm³/mol. The second kappa shape index (κ2) is 13.7. The normalized spacial score (nSPS) is 12.2. The highest BCUT2D eigenvalue weighted by Crippen LogP contribution is 2.24. The molecule has 3 aromatic rings. The van der Waals surface area contributed by atoms with Gasteiger partial charge in [0.25, 0.3) is 0 Å². The summed E-state index contributed by atoms with van der Waals surface area (Å²) in [5, 5.41) is 3.24. The molecule has 0 radical (unpaired) electrons. The van der Waals surface area contributed by atoms with Gasteiger partial charge in [-0.3, -0.25) is 13.9 Å². The zero-order valence-electron chi connectivity index (χ0n) is 22.5. The quantitative estimate of drug-likeness (QED) is 0.328. The number of sulfonamides is 1. The number of amides is 2. The Morgan fingerprint density at radius 1 is 0.950 bits per heavy atom. The lowest BCUT2D eigenvalue weighted by Crippen LogP contribution is -2.53. The molecule has 0 spiro atoms. The minimum atomic E-state index is -4.11. The topological polar surface area (TPSA) is 86.8 Å². The molecule has 0 aliphatic rings. The molecule has 0 aliphatic carbocycles. The third-order valence-electron chi connectivity index (χ3n) is 6.12. The van der Waals surface area contributed by atoms with E-state index >= 15 is 0 Å². The first-order valence-electron chi connectivity index (χ1n) is 12.6. The number of rotatable bonds is 12. The highest BCUT2D eigenvalue weighted by Gasteiger charge is 2.33. The number of anilines is 1. The summed E-state index contributed by atoms with van der Waals surface area (Å²) in [6, 6.07) is 17.4. The highest BCUT2D eigenvalue weighted by molar-refractivity contribution is 7.92. The number of hydrogen-bond acceptors (Lipinski definition) is 4. The minimum Gasteiger partial charge on any atom is -0.354 e. The Labute approximate surface area is 238 Å². The highest BCUT2D eigenvalue weighted by atomic mass is 35.5. The maximum absolute atomic E-state index is 14.0. The zero-order chi connectivity index (χ0) is 29.4. The zero-order valence-corrected chi connectivity index (χ0v) is 24.1. The largest absolute Gasteiger partial charge is 0.354 e. The van der Waals surface area contributed by atoms with Crippen molar-refractivity contribution in [3.05, 3.63) is 101 Å². The molecule has 0 saturated heterocycles. The lowest BCUT2D eigenvalue weighted by molar-refractivity contribution is -0.140. The molecule has 0 aromatic heterocycles. The van der Waals surface area contributed by atoms with Gasteiger partial charge < -0.3 is 10.2 Å². The summed E-state index contributed by atoms with van der Waals surface area (Å²) in [4.78, 5) is 28.8. The van der Waals surface area contributed by atoms with Gasteiger partial charge in [0.15, 0.2) is 11.6 Å². The molecule has 3 rings (SSSR count). The van der Waals surface area contributed by atoms with Gasteiger partial charge in [0, 0.05) is 30.6 Å². The third-order valence-corrected chi connectivity index (χ3v) is 7.63. The second-order valence-electron chi connectivity index (χ2n) is 9.83. The van der Waals surface area contributed by atoms with E-state index in [1.807, 2.05) is 44.2 Å². The van der Waals surface area contributed by atoms with E-state index in [2.05, 4.69) is 5.32 Å². The minimum absolute atomic E-state index is 0.0967. The van der Waals surface area contributed by atoms with Crippen LogP contribution in [0, 0.1) is 17.6 Å². The van der Waals surface area contributed by atoms with Gasteiger partial charge in [-0.2, -0.15) is 0 Å². The van der Waals surface area contributed by atoms with Gasteiger partial charge in [0.05, 0.1) is 11.9 Å². The maximum atomic E-state index is 14.0. The molecular formula is C29H32ClF2N3O4S. The molecule has 0 saturated carbocycles. The third kappa shape index (κ3) is 8.50. The average molecular weight is 592 g/mol. The molecule has 11 heteroatoms.